The van der Waals surface area contributed by atoms with E-state index in [0.29, 0.717) is 39.3 Å². The second-order valence-corrected chi connectivity index (χ2v) is 7.24. The molecule has 1 aromatic rings. The van der Waals surface area contributed by atoms with E-state index in [4.69, 9.17) is 0 Å². The van der Waals surface area contributed by atoms with Gasteiger partial charge in [-0.3, -0.25) is 14.5 Å². The first-order valence-electron chi connectivity index (χ1n) is 8.84. The van der Waals surface area contributed by atoms with Crippen LogP contribution in [0.25, 0.3) is 0 Å². The van der Waals surface area contributed by atoms with Crippen LogP contribution in [0.1, 0.15) is 19.8 Å². The Bertz CT molecular complexity index is 622. The monoisotopic (exact) mass is 385 g/mol. The SMILES string of the molecule is CCCCNC(=O)CN1CCN(C(=O)CSc2cc(F)ccc2F)CC1. The van der Waals surface area contributed by atoms with Crippen LogP contribution in [0, 0.1) is 11.6 Å². The smallest absolute Gasteiger partial charge is 0.234 e. The number of carbonyl (C=O) groups excluding carboxylic acids is 2. The predicted molar refractivity (Wildman–Crippen MR) is 98.0 cm³/mol. The van der Waals surface area contributed by atoms with Crippen molar-refractivity contribution < 1.29 is 18.4 Å². The molecule has 0 radical (unpaired) electrons. The van der Waals surface area contributed by atoms with Crippen molar-refractivity contribution in [3.05, 3.63) is 29.8 Å². The molecule has 1 aromatic carbocycles. The minimum absolute atomic E-state index is 0.00959. The lowest BCUT2D eigenvalue weighted by atomic mass is 10.3. The minimum atomic E-state index is -0.525. The molecule has 0 atom stereocenters. The molecular formula is C18H25F2N3O2S. The summed E-state index contributed by atoms with van der Waals surface area (Å²) < 4.78 is 26.7. The highest BCUT2D eigenvalue weighted by molar-refractivity contribution is 8.00. The Morgan fingerprint density at radius 3 is 2.62 bits per heavy atom. The second kappa shape index (κ2) is 10.5. The molecule has 1 saturated heterocycles. The van der Waals surface area contributed by atoms with Gasteiger partial charge in [-0.05, 0) is 24.6 Å². The molecule has 0 saturated carbocycles. The van der Waals surface area contributed by atoms with E-state index in [2.05, 4.69) is 12.2 Å². The van der Waals surface area contributed by atoms with Gasteiger partial charge in [0.1, 0.15) is 11.6 Å². The number of hydrogen-bond donors (Lipinski definition) is 1. The standard InChI is InChI=1S/C18H25F2N3O2S/c1-2-3-6-21-17(24)12-22-7-9-23(10-8-22)18(25)13-26-16-11-14(19)4-5-15(16)20/h4-5,11H,2-3,6-10,12-13H2,1H3,(H,21,24). The lowest BCUT2D eigenvalue weighted by Crippen LogP contribution is -2.51. The third-order valence-electron chi connectivity index (χ3n) is 4.19. The van der Waals surface area contributed by atoms with E-state index in [1.807, 2.05) is 4.90 Å². The Kier molecular flexibility index (Phi) is 8.31. The number of hydrogen-bond acceptors (Lipinski definition) is 4. The first kappa shape index (κ1) is 20.6. The average molecular weight is 385 g/mol. The molecule has 0 aliphatic carbocycles. The van der Waals surface area contributed by atoms with E-state index in [1.165, 1.54) is 0 Å². The normalized spacial score (nSPS) is 15.1. The molecule has 1 fully saturated rings. The highest BCUT2D eigenvalue weighted by Crippen LogP contribution is 2.23. The summed E-state index contributed by atoms with van der Waals surface area (Å²) in [5.41, 5.74) is 0. The molecule has 2 amide bonds. The maximum atomic E-state index is 13.6. The number of halogens is 2. The summed E-state index contributed by atoms with van der Waals surface area (Å²) >= 11 is 1.00. The summed E-state index contributed by atoms with van der Waals surface area (Å²) in [7, 11) is 0. The van der Waals surface area contributed by atoms with Gasteiger partial charge in [-0.25, -0.2) is 8.78 Å². The summed E-state index contributed by atoms with van der Waals surface area (Å²) in [6.45, 7) is 5.44. The topological polar surface area (TPSA) is 52.7 Å². The van der Waals surface area contributed by atoms with Gasteiger partial charge >= 0.3 is 0 Å². The molecule has 8 heteroatoms. The van der Waals surface area contributed by atoms with Crippen LogP contribution < -0.4 is 5.32 Å². The van der Waals surface area contributed by atoms with Crippen molar-refractivity contribution in [2.45, 2.75) is 24.7 Å². The lowest BCUT2D eigenvalue weighted by Gasteiger charge is -2.34. The second-order valence-electron chi connectivity index (χ2n) is 6.22. The Hall–Kier alpha value is -1.67. The van der Waals surface area contributed by atoms with Gasteiger partial charge in [0, 0.05) is 37.6 Å². The van der Waals surface area contributed by atoms with E-state index in [0.717, 1.165) is 42.8 Å². The van der Waals surface area contributed by atoms with Crippen molar-refractivity contribution in [1.29, 1.82) is 0 Å². The summed E-state index contributed by atoms with van der Waals surface area (Å²) in [5.74, 6) is -1.07. The number of unbranched alkanes of at least 4 members (excludes halogenated alkanes) is 1. The van der Waals surface area contributed by atoms with Gasteiger partial charge in [-0.15, -0.1) is 11.8 Å². The molecule has 2 rings (SSSR count). The van der Waals surface area contributed by atoms with Crippen LogP contribution in [-0.4, -0.2) is 66.6 Å². The van der Waals surface area contributed by atoms with E-state index >= 15 is 0 Å². The van der Waals surface area contributed by atoms with Crippen molar-refractivity contribution in [1.82, 2.24) is 15.1 Å². The first-order valence-corrected chi connectivity index (χ1v) is 9.83. The number of piperazine rings is 1. The van der Waals surface area contributed by atoms with E-state index in [9.17, 15) is 18.4 Å². The number of nitrogens with zero attached hydrogens (tertiary/aromatic N) is 2. The minimum Gasteiger partial charge on any atom is -0.355 e. The van der Waals surface area contributed by atoms with Crippen molar-refractivity contribution in [3.63, 3.8) is 0 Å². The lowest BCUT2D eigenvalue weighted by molar-refractivity contribution is -0.130. The highest BCUT2D eigenvalue weighted by Gasteiger charge is 2.22. The van der Waals surface area contributed by atoms with Gasteiger partial charge in [0.15, 0.2) is 0 Å². The summed E-state index contributed by atoms with van der Waals surface area (Å²) in [4.78, 5) is 27.9. The van der Waals surface area contributed by atoms with Crippen molar-refractivity contribution in [3.8, 4) is 0 Å². The van der Waals surface area contributed by atoms with Gasteiger partial charge in [0.2, 0.25) is 11.8 Å². The fourth-order valence-electron chi connectivity index (χ4n) is 2.64. The summed E-state index contributed by atoms with van der Waals surface area (Å²) in [6.07, 6.45) is 2.01. The van der Waals surface area contributed by atoms with E-state index in [1.54, 1.807) is 4.90 Å². The van der Waals surface area contributed by atoms with Crippen LogP contribution in [-0.2, 0) is 9.59 Å². The number of rotatable bonds is 8. The largest absolute Gasteiger partial charge is 0.355 e. The van der Waals surface area contributed by atoms with Crippen LogP contribution in [0.15, 0.2) is 23.1 Å². The number of nitrogens with one attached hydrogen (secondary N) is 1. The molecule has 0 unspecified atom stereocenters. The van der Waals surface area contributed by atoms with Crippen LogP contribution in [0.5, 0.6) is 0 Å². The molecule has 0 spiro atoms. The molecule has 1 aliphatic heterocycles. The fraction of sp³-hybridized carbons (Fsp3) is 0.556. The number of thioether (sulfide) groups is 1. The maximum absolute atomic E-state index is 13.6. The van der Waals surface area contributed by atoms with Crippen molar-refractivity contribution in [2.24, 2.45) is 0 Å². The molecule has 0 aromatic heterocycles. The van der Waals surface area contributed by atoms with Gasteiger partial charge in [0.25, 0.3) is 0 Å². The molecule has 1 aliphatic rings. The molecule has 26 heavy (non-hydrogen) atoms. The third kappa shape index (κ3) is 6.57. The van der Waals surface area contributed by atoms with E-state index < -0.39 is 11.6 Å². The van der Waals surface area contributed by atoms with Gasteiger partial charge in [-0.2, -0.15) is 0 Å². The molecule has 1 N–H and O–H groups in total. The zero-order valence-electron chi connectivity index (χ0n) is 15.0. The zero-order chi connectivity index (χ0) is 18.9. The Morgan fingerprint density at radius 1 is 1.19 bits per heavy atom. The maximum Gasteiger partial charge on any atom is 0.234 e. The van der Waals surface area contributed by atoms with Crippen LogP contribution in [0.3, 0.4) is 0 Å². The molecular weight excluding hydrogens is 360 g/mol. The van der Waals surface area contributed by atoms with Gasteiger partial charge < -0.3 is 10.2 Å². The zero-order valence-corrected chi connectivity index (χ0v) is 15.8. The predicted octanol–water partition coefficient (Wildman–Crippen LogP) is 2.12. The van der Waals surface area contributed by atoms with Crippen LogP contribution in [0.4, 0.5) is 8.78 Å². The van der Waals surface area contributed by atoms with Crippen molar-refractivity contribution in [2.75, 3.05) is 45.0 Å². The molecule has 1 heterocycles. The molecule has 5 nitrogen and oxygen atoms in total. The number of benzene rings is 1. The number of carbonyl (C=O) groups is 2. The summed E-state index contributed by atoms with van der Waals surface area (Å²) in [6, 6.07) is 3.22. The fourth-order valence-corrected chi connectivity index (χ4v) is 3.50. The Labute approximate surface area is 157 Å². The Morgan fingerprint density at radius 2 is 1.92 bits per heavy atom. The van der Waals surface area contributed by atoms with Crippen molar-refractivity contribution >= 4 is 23.6 Å². The first-order chi connectivity index (χ1) is 12.5. The van der Waals surface area contributed by atoms with Crippen LogP contribution in [0.2, 0.25) is 0 Å². The average Bonchev–Trinajstić information content (AvgIpc) is 2.63. The summed E-state index contributed by atoms with van der Waals surface area (Å²) in [5, 5.41) is 2.88. The molecule has 0 bridgehead atoms. The molecule has 144 valence electrons. The van der Waals surface area contributed by atoms with E-state index in [-0.39, 0.29) is 22.5 Å². The Balaban J connectivity index is 1.71. The van der Waals surface area contributed by atoms with Gasteiger partial charge in [0.05, 0.1) is 12.3 Å². The van der Waals surface area contributed by atoms with Gasteiger partial charge in [-0.1, -0.05) is 13.3 Å². The third-order valence-corrected chi connectivity index (χ3v) is 5.20. The number of amides is 2. The highest BCUT2D eigenvalue weighted by atomic mass is 32.2. The van der Waals surface area contributed by atoms with Crippen LogP contribution >= 0.6 is 11.8 Å². The quantitative estimate of drug-likeness (QED) is 0.550.